The Labute approximate surface area is 106 Å². The fourth-order valence-corrected chi connectivity index (χ4v) is 1.33. The molecule has 2 N–H and O–H groups in total. The van der Waals surface area contributed by atoms with Gasteiger partial charge in [0.15, 0.2) is 0 Å². The highest BCUT2D eigenvalue weighted by atomic mass is 16.0. The Morgan fingerprint density at radius 2 is 1.71 bits per heavy atom. The molecule has 1 nitrogen and oxygen atoms in total. The molecule has 1 unspecified atom stereocenters. The first-order valence-electron chi connectivity index (χ1n) is 6.01. The second-order valence-electron chi connectivity index (χ2n) is 3.99. The molecule has 1 aromatic carbocycles. The van der Waals surface area contributed by atoms with Crippen molar-refractivity contribution in [2.45, 2.75) is 40.0 Å². The first kappa shape index (κ1) is 18.0. The zero-order valence-electron chi connectivity index (χ0n) is 11.5. The second-order valence-corrected chi connectivity index (χ2v) is 3.99. The zero-order valence-corrected chi connectivity index (χ0v) is 11.5. The average Bonchev–Trinajstić information content (AvgIpc) is 2.30. The quantitative estimate of drug-likeness (QED) is 0.689. The predicted molar refractivity (Wildman–Crippen MR) is 78.4 cm³/mol. The van der Waals surface area contributed by atoms with E-state index in [-0.39, 0.29) is 5.48 Å². The molecule has 96 valence electrons. The summed E-state index contributed by atoms with van der Waals surface area (Å²) in [7, 11) is 0. The third kappa shape index (κ3) is 7.53. The molecular weight excluding hydrogens is 208 g/mol. The van der Waals surface area contributed by atoms with E-state index in [0.29, 0.717) is 5.92 Å². The second kappa shape index (κ2) is 11.2. The topological polar surface area (TPSA) is 31.5 Å². The lowest BCUT2D eigenvalue weighted by atomic mass is 9.94. The van der Waals surface area contributed by atoms with Gasteiger partial charge in [-0.1, -0.05) is 81.8 Å². The molecular formula is C16H26O. The van der Waals surface area contributed by atoms with E-state index in [0.717, 1.165) is 0 Å². The molecule has 1 rings (SSSR count). The maximum absolute atomic E-state index is 3.70. The highest BCUT2D eigenvalue weighted by molar-refractivity contribution is 5.28. The first-order chi connectivity index (χ1) is 7.67. The Balaban J connectivity index is 0. The van der Waals surface area contributed by atoms with E-state index in [2.05, 4.69) is 64.6 Å². The van der Waals surface area contributed by atoms with Crippen LogP contribution >= 0.6 is 0 Å². The minimum atomic E-state index is 0. The van der Waals surface area contributed by atoms with Crippen molar-refractivity contribution in [3.8, 4) is 0 Å². The first-order valence-corrected chi connectivity index (χ1v) is 6.01. The van der Waals surface area contributed by atoms with Gasteiger partial charge in [-0.05, 0) is 12.5 Å². The fraction of sp³-hybridized carbons (Fsp3) is 0.375. The van der Waals surface area contributed by atoms with Gasteiger partial charge in [-0.25, -0.2) is 0 Å². The highest BCUT2D eigenvalue weighted by Crippen LogP contribution is 2.22. The van der Waals surface area contributed by atoms with Gasteiger partial charge in [-0.2, -0.15) is 0 Å². The Morgan fingerprint density at radius 1 is 1.24 bits per heavy atom. The van der Waals surface area contributed by atoms with Crippen LogP contribution in [0.4, 0.5) is 0 Å². The molecule has 0 saturated heterocycles. The minimum absolute atomic E-state index is 0. The van der Waals surface area contributed by atoms with Gasteiger partial charge in [0, 0.05) is 5.92 Å². The molecule has 1 aromatic rings. The maximum Gasteiger partial charge on any atom is 0.00201 e. The number of benzene rings is 1. The molecule has 0 aliphatic carbocycles. The lowest BCUT2D eigenvalue weighted by Crippen LogP contribution is -1.93. The van der Waals surface area contributed by atoms with E-state index >= 15 is 0 Å². The van der Waals surface area contributed by atoms with Crippen LogP contribution < -0.4 is 0 Å². The third-order valence-corrected chi connectivity index (χ3v) is 2.36. The smallest absolute Gasteiger partial charge is 0.00201 e. The Hall–Kier alpha value is -1.34. The van der Waals surface area contributed by atoms with Crippen molar-refractivity contribution < 1.29 is 5.48 Å². The number of allylic oxidation sites excluding steroid dienone is 3. The lowest BCUT2D eigenvalue weighted by Gasteiger charge is -2.11. The molecule has 0 bridgehead atoms. The molecule has 0 spiro atoms. The van der Waals surface area contributed by atoms with E-state index in [1.165, 1.54) is 17.6 Å². The minimum Gasteiger partial charge on any atom is -0.412 e. The van der Waals surface area contributed by atoms with Crippen LogP contribution in [0.25, 0.3) is 0 Å². The van der Waals surface area contributed by atoms with Gasteiger partial charge in [-0.15, -0.1) is 0 Å². The summed E-state index contributed by atoms with van der Waals surface area (Å²) < 4.78 is 0. The van der Waals surface area contributed by atoms with Gasteiger partial charge < -0.3 is 5.48 Å². The summed E-state index contributed by atoms with van der Waals surface area (Å²) in [6.07, 6.45) is 5.16. The Bertz CT molecular complexity index is 312. The van der Waals surface area contributed by atoms with Crippen molar-refractivity contribution in [2.24, 2.45) is 0 Å². The normalized spacial score (nSPS) is 11.6. The lowest BCUT2D eigenvalue weighted by molar-refractivity contribution is 0.824. The van der Waals surface area contributed by atoms with Crippen molar-refractivity contribution in [1.82, 2.24) is 0 Å². The zero-order chi connectivity index (χ0) is 12.4. The summed E-state index contributed by atoms with van der Waals surface area (Å²) in [6, 6.07) is 10.5. The molecule has 0 aliphatic rings. The van der Waals surface area contributed by atoms with Crippen molar-refractivity contribution >= 4 is 0 Å². The van der Waals surface area contributed by atoms with E-state index in [1.54, 1.807) is 0 Å². The molecule has 0 aliphatic heterocycles. The molecule has 0 heterocycles. The molecule has 0 saturated carbocycles. The van der Waals surface area contributed by atoms with Crippen LogP contribution in [0.1, 0.15) is 45.6 Å². The van der Waals surface area contributed by atoms with Crippen molar-refractivity contribution in [2.75, 3.05) is 0 Å². The molecule has 17 heavy (non-hydrogen) atoms. The van der Waals surface area contributed by atoms with E-state index in [9.17, 15) is 0 Å². The summed E-state index contributed by atoms with van der Waals surface area (Å²) in [5, 5.41) is 0. The summed E-state index contributed by atoms with van der Waals surface area (Å²) >= 11 is 0. The maximum atomic E-state index is 3.70. The van der Waals surface area contributed by atoms with Crippen LogP contribution in [0.2, 0.25) is 0 Å². The van der Waals surface area contributed by atoms with E-state index in [1.807, 2.05) is 12.1 Å². The van der Waals surface area contributed by atoms with Crippen LogP contribution in [0.5, 0.6) is 0 Å². The van der Waals surface area contributed by atoms with Crippen molar-refractivity contribution in [3.63, 3.8) is 0 Å². The van der Waals surface area contributed by atoms with Crippen molar-refractivity contribution in [3.05, 3.63) is 60.2 Å². The number of hydrogen-bond donors (Lipinski definition) is 0. The van der Waals surface area contributed by atoms with Crippen LogP contribution in [0.3, 0.4) is 0 Å². The van der Waals surface area contributed by atoms with Gasteiger partial charge in [-0.3, -0.25) is 0 Å². The SMILES string of the molecule is C=C/C=C(\C)C(C)c1ccccc1.CCC.O. The summed E-state index contributed by atoms with van der Waals surface area (Å²) in [6.45, 7) is 12.3. The van der Waals surface area contributed by atoms with Crippen LogP contribution in [-0.4, -0.2) is 5.48 Å². The van der Waals surface area contributed by atoms with E-state index < -0.39 is 0 Å². The summed E-state index contributed by atoms with van der Waals surface area (Å²) in [5.74, 6) is 0.485. The van der Waals surface area contributed by atoms with Gasteiger partial charge in [0.1, 0.15) is 0 Å². The van der Waals surface area contributed by atoms with Crippen LogP contribution in [-0.2, 0) is 0 Å². The molecule has 0 amide bonds. The largest absolute Gasteiger partial charge is 0.412 e. The van der Waals surface area contributed by atoms with Crippen LogP contribution in [0.15, 0.2) is 54.6 Å². The van der Waals surface area contributed by atoms with Gasteiger partial charge in [0.2, 0.25) is 0 Å². The Morgan fingerprint density at radius 3 is 2.12 bits per heavy atom. The van der Waals surface area contributed by atoms with Gasteiger partial charge >= 0.3 is 0 Å². The molecule has 1 atom stereocenters. The summed E-state index contributed by atoms with van der Waals surface area (Å²) in [4.78, 5) is 0. The highest BCUT2D eigenvalue weighted by Gasteiger charge is 2.04. The predicted octanol–water partition coefficient (Wildman–Crippen LogP) is 4.51. The molecule has 0 fully saturated rings. The molecule has 0 aromatic heterocycles. The van der Waals surface area contributed by atoms with E-state index in [4.69, 9.17) is 0 Å². The monoisotopic (exact) mass is 234 g/mol. The standard InChI is InChI=1S/C13H16.C3H8.H2O/c1-4-8-11(2)12(3)13-9-6-5-7-10-13;1-3-2;/h4-10,12H,1H2,2-3H3;3H2,1-2H3;1H2/b11-8+;;. The average molecular weight is 234 g/mol. The fourth-order valence-electron chi connectivity index (χ4n) is 1.33. The third-order valence-electron chi connectivity index (χ3n) is 2.36. The van der Waals surface area contributed by atoms with Gasteiger partial charge in [0.25, 0.3) is 0 Å². The Kier molecular flexibility index (Phi) is 11.8. The number of hydrogen-bond acceptors (Lipinski definition) is 0. The molecule has 1 heteroatoms. The van der Waals surface area contributed by atoms with Crippen molar-refractivity contribution in [1.29, 1.82) is 0 Å². The van der Waals surface area contributed by atoms with Crippen LogP contribution in [0, 0.1) is 0 Å². The number of rotatable bonds is 3. The summed E-state index contributed by atoms with van der Waals surface area (Å²) in [5.41, 5.74) is 2.71. The van der Waals surface area contributed by atoms with Gasteiger partial charge in [0.05, 0.1) is 0 Å². The molecule has 0 radical (unpaired) electrons.